The van der Waals surface area contributed by atoms with E-state index in [4.69, 9.17) is 0 Å². The van der Waals surface area contributed by atoms with Crippen LogP contribution in [0.5, 0.6) is 5.75 Å². The number of nitrogens with zero attached hydrogens (tertiary/aromatic N) is 2. The molecule has 1 saturated heterocycles. The van der Waals surface area contributed by atoms with Crippen LogP contribution in [-0.4, -0.2) is 46.2 Å². The van der Waals surface area contributed by atoms with Gasteiger partial charge in [0.2, 0.25) is 0 Å². The molecule has 5 rings (SSSR count). The molecule has 39 heavy (non-hydrogen) atoms. The molecular weight excluding hydrogens is 482 g/mol. The monoisotopic (exact) mass is 523 g/mol. The SMILES string of the molecule is CCCCCc1c(C(=O)NC2CCN(CCc3ccccc3)CC2)c2cc(O)ccc2n1Cc1ccccc1. The van der Waals surface area contributed by atoms with Crippen LogP contribution >= 0.6 is 0 Å². The summed E-state index contributed by atoms with van der Waals surface area (Å²) < 4.78 is 2.29. The smallest absolute Gasteiger partial charge is 0.253 e. The van der Waals surface area contributed by atoms with Crippen molar-refractivity contribution in [2.75, 3.05) is 19.6 Å². The first-order valence-electron chi connectivity index (χ1n) is 14.6. The van der Waals surface area contributed by atoms with E-state index in [0.29, 0.717) is 6.54 Å². The van der Waals surface area contributed by atoms with Gasteiger partial charge in [-0.2, -0.15) is 0 Å². The maximum Gasteiger partial charge on any atom is 0.253 e. The van der Waals surface area contributed by atoms with Crippen molar-refractivity contribution in [1.82, 2.24) is 14.8 Å². The number of phenolic OH excluding ortho intramolecular Hbond substituents is 1. The van der Waals surface area contributed by atoms with Gasteiger partial charge in [-0.15, -0.1) is 0 Å². The van der Waals surface area contributed by atoms with Crippen molar-refractivity contribution in [3.8, 4) is 5.75 Å². The quantitative estimate of drug-likeness (QED) is 0.219. The number of nitrogens with one attached hydrogen (secondary N) is 1. The van der Waals surface area contributed by atoms with Crippen LogP contribution in [0.3, 0.4) is 0 Å². The molecule has 0 atom stereocenters. The summed E-state index contributed by atoms with van der Waals surface area (Å²) in [7, 11) is 0. The molecule has 4 aromatic rings. The number of aromatic hydroxyl groups is 1. The number of phenols is 1. The Labute approximate surface area is 232 Å². The highest BCUT2D eigenvalue weighted by molar-refractivity contribution is 6.09. The van der Waals surface area contributed by atoms with Crippen LogP contribution in [0, 0.1) is 0 Å². The summed E-state index contributed by atoms with van der Waals surface area (Å²) in [6.45, 7) is 5.96. The van der Waals surface area contributed by atoms with Crippen molar-refractivity contribution < 1.29 is 9.90 Å². The maximum atomic E-state index is 13.9. The number of carbonyl (C=O) groups is 1. The average Bonchev–Trinajstić information content (AvgIpc) is 3.26. The van der Waals surface area contributed by atoms with Crippen LogP contribution < -0.4 is 5.32 Å². The van der Waals surface area contributed by atoms with E-state index in [-0.39, 0.29) is 17.7 Å². The Morgan fingerprint density at radius 1 is 0.897 bits per heavy atom. The topological polar surface area (TPSA) is 57.5 Å². The lowest BCUT2D eigenvalue weighted by Gasteiger charge is -2.32. The Balaban J connectivity index is 1.34. The molecule has 0 aliphatic carbocycles. The zero-order valence-electron chi connectivity index (χ0n) is 23.1. The van der Waals surface area contributed by atoms with Crippen molar-refractivity contribution in [2.45, 2.75) is 64.5 Å². The van der Waals surface area contributed by atoms with Crippen LogP contribution in [0.4, 0.5) is 0 Å². The van der Waals surface area contributed by atoms with Gasteiger partial charge in [-0.3, -0.25) is 4.79 Å². The summed E-state index contributed by atoms with van der Waals surface area (Å²) in [5, 5.41) is 14.6. The van der Waals surface area contributed by atoms with Crippen molar-refractivity contribution in [2.24, 2.45) is 0 Å². The molecule has 1 fully saturated rings. The number of benzene rings is 3. The molecule has 2 heterocycles. The minimum Gasteiger partial charge on any atom is -0.508 e. The fraction of sp³-hybridized carbons (Fsp3) is 0.382. The number of piperidine rings is 1. The van der Waals surface area contributed by atoms with E-state index in [9.17, 15) is 9.90 Å². The van der Waals surface area contributed by atoms with Crippen molar-refractivity contribution >= 4 is 16.8 Å². The molecule has 0 radical (unpaired) electrons. The third kappa shape index (κ3) is 6.72. The molecule has 5 nitrogen and oxygen atoms in total. The van der Waals surface area contributed by atoms with Crippen LogP contribution in [-0.2, 0) is 19.4 Å². The Bertz CT molecular complexity index is 1360. The lowest BCUT2D eigenvalue weighted by molar-refractivity contribution is 0.0912. The molecule has 0 saturated carbocycles. The molecule has 0 unspecified atom stereocenters. The standard InChI is InChI=1S/C34H41N3O2/c1-2-3-6-15-32-33(30-24-29(38)16-17-31(30)37(32)25-27-13-9-5-10-14-27)34(39)35-28-19-22-36(23-20-28)21-18-26-11-7-4-8-12-26/h4-5,7-14,16-17,24,28,38H,2-3,6,15,18-23,25H2,1H3,(H,35,39). The largest absolute Gasteiger partial charge is 0.508 e. The Hall–Kier alpha value is -3.57. The van der Waals surface area contributed by atoms with E-state index in [1.165, 1.54) is 11.1 Å². The van der Waals surface area contributed by atoms with E-state index in [1.54, 1.807) is 12.1 Å². The highest BCUT2D eigenvalue weighted by Crippen LogP contribution is 2.32. The second kappa shape index (κ2) is 13.0. The minimum absolute atomic E-state index is 0.00774. The molecule has 204 valence electrons. The first kappa shape index (κ1) is 27.0. The van der Waals surface area contributed by atoms with Gasteiger partial charge in [0.15, 0.2) is 0 Å². The highest BCUT2D eigenvalue weighted by atomic mass is 16.3. The minimum atomic E-state index is -0.00774. The van der Waals surface area contributed by atoms with Gasteiger partial charge in [-0.1, -0.05) is 80.4 Å². The molecule has 1 aliphatic rings. The Morgan fingerprint density at radius 3 is 2.28 bits per heavy atom. The van der Waals surface area contributed by atoms with E-state index >= 15 is 0 Å². The van der Waals surface area contributed by atoms with Gasteiger partial charge in [0.25, 0.3) is 5.91 Å². The number of amides is 1. The lowest BCUT2D eigenvalue weighted by atomic mass is 10.0. The molecule has 5 heteroatoms. The van der Waals surface area contributed by atoms with Crippen molar-refractivity contribution in [3.05, 3.63) is 101 Å². The predicted molar refractivity (Wildman–Crippen MR) is 159 cm³/mol. The van der Waals surface area contributed by atoms with E-state index in [1.807, 2.05) is 12.1 Å². The fourth-order valence-corrected chi connectivity index (χ4v) is 5.89. The molecule has 1 aromatic heterocycles. The van der Waals surface area contributed by atoms with Gasteiger partial charge in [0.05, 0.1) is 5.56 Å². The number of fused-ring (bicyclic) bond motifs is 1. The van der Waals surface area contributed by atoms with Gasteiger partial charge < -0.3 is 19.9 Å². The summed E-state index contributed by atoms with van der Waals surface area (Å²) >= 11 is 0. The summed E-state index contributed by atoms with van der Waals surface area (Å²) in [5.74, 6) is 0.187. The van der Waals surface area contributed by atoms with Crippen LogP contribution in [0.15, 0.2) is 78.9 Å². The Kier molecular flexibility index (Phi) is 9.00. The number of hydrogen-bond acceptors (Lipinski definition) is 3. The third-order valence-electron chi connectivity index (χ3n) is 8.06. The van der Waals surface area contributed by atoms with Gasteiger partial charge in [0, 0.05) is 48.8 Å². The first-order valence-corrected chi connectivity index (χ1v) is 14.6. The second-order valence-corrected chi connectivity index (χ2v) is 10.9. The number of aromatic nitrogens is 1. The molecular formula is C34H41N3O2. The van der Waals surface area contributed by atoms with E-state index in [2.05, 4.69) is 76.3 Å². The average molecular weight is 524 g/mol. The number of rotatable bonds is 11. The van der Waals surface area contributed by atoms with Gasteiger partial charge in [-0.05, 0) is 61.4 Å². The molecule has 1 amide bonds. The maximum absolute atomic E-state index is 13.9. The van der Waals surface area contributed by atoms with Crippen molar-refractivity contribution in [3.63, 3.8) is 0 Å². The number of hydrogen-bond donors (Lipinski definition) is 2. The summed E-state index contributed by atoms with van der Waals surface area (Å²) in [6, 6.07) is 26.7. The molecule has 2 N–H and O–H groups in total. The van der Waals surface area contributed by atoms with Crippen LogP contribution in [0.25, 0.3) is 10.9 Å². The summed E-state index contributed by atoms with van der Waals surface area (Å²) in [5.41, 5.74) is 5.39. The normalized spacial score (nSPS) is 14.6. The van der Waals surface area contributed by atoms with Crippen LogP contribution in [0.1, 0.15) is 66.2 Å². The third-order valence-corrected chi connectivity index (χ3v) is 8.06. The second-order valence-electron chi connectivity index (χ2n) is 10.9. The number of carbonyl (C=O) groups excluding carboxylic acids is 1. The zero-order valence-corrected chi connectivity index (χ0v) is 23.1. The van der Waals surface area contributed by atoms with Crippen LogP contribution in [0.2, 0.25) is 0 Å². The zero-order chi connectivity index (χ0) is 27.0. The number of likely N-dealkylation sites (tertiary alicyclic amines) is 1. The molecule has 3 aromatic carbocycles. The molecule has 1 aliphatic heterocycles. The molecule has 0 spiro atoms. The predicted octanol–water partition coefficient (Wildman–Crippen LogP) is 6.56. The summed E-state index contributed by atoms with van der Waals surface area (Å²) in [4.78, 5) is 16.4. The molecule has 0 bridgehead atoms. The van der Waals surface area contributed by atoms with Gasteiger partial charge in [0.1, 0.15) is 5.75 Å². The van der Waals surface area contributed by atoms with E-state index in [0.717, 1.165) is 86.7 Å². The van der Waals surface area contributed by atoms with Crippen molar-refractivity contribution in [1.29, 1.82) is 0 Å². The fourth-order valence-electron chi connectivity index (χ4n) is 5.89. The van der Waals surface area contributed by atoms with Gasteiger partial charge >= 0.3 is 0 Å². The van der Waals surface area contributed by atoms with E-state index < -0.39 is 0 Å². The van der Waals surface area contributed by atoms with Gasteiger partial charge in [-0.25, -0.2) is 0 Å². The lowest BCUT2D eigenvalue weighted by Crippen LogP contribution is -2.45. The highest BCUT2D eigenvalue weighted by Gasteiger charge is 2.26. The number of unbranched alkanes of at least 4 members (excludes halogenated alkanes) is 2. The Morgan fingerprint density at radius 2 is 1.59 bits per heavy atom. The first-order chi connectivity index (χ1) is 19.1. The summed E-state index contributed by atoms with van der Waals surface area (Å²) in [6.07, 6.45) is 7.11.